The normalized spacial score (nSPS) is 14.9. The molecule has 1 aliphatic rings. The van der Waals surface area contributed by atoms with Crippen molar-refractivity contribution in [3.8, 4) is 21.8 Å². The van der Waals surface area contributed by atoms with E-state index in [2.05, 4.69) is 26.1 Å². The molecule has 2 aromatic heterocycles. The van der Waals surface area contributed by atoms with Crippen molar-refractivity contribution in [2.24, 2.45) is 11.3 Å². The lowest BCUT2D eigenvalue weighted by molar-refractivity contribution is -0.120. The van der Waals surface area contributed by atoms with Crippen LogP contribution in [0.15, 0.2) is 35.8 Å². The fraction of sp³-hybridized carbons (Fsp3) is 0.500. The fourth-order valence-corrected chi connectivity index (χ4v) is 4.74. The van der Waals surface area contributed by atoms with E-state index in [4.69, 9.17) is 14.8 Å². The van der Waals surface area contributed by atoms with Gasteiger partial charge in [0.25, 0.3) is 0 Å². The van der Waals surface area contributed by atoms with Crippen molar-refractivity contribution in [1.82, 2.24) is 20.1 Å². The number of hydrogen-bond donors (Lipinski definition) is 1. The summed E-state index contributed by atoms with van der Waals surface area (Å²) in [7, 11) is 0. The maximum absolute atomic E-state index is 13.5. The van der Waals surface area contributed by atoms with Crippen LogP contribution < -0.4 is 5.32 Å². The molecule has 1 N–H and O–H groups in total. The largest absolute Gasteiger partial charge is 0.381 e. The molecular formula is C26H33FN4O2S. The lowest BCUT2D eigenvalue weighted by Gasteiger charge is -2.22. The Morgan fingerprint density at radius 1 is 1.24 bits per heavy atom. The van der Waals surface area contributed by atoms with Crippen LogP contribution in [-0.4, -0.2) is 40.4 Å². The van der Waals surface area contributed by atoms with E-state index < -0.39 is 0 Å². The van der Waals surface area contributed by atoms with Crippen LogP contribution in [0, 0.1) is 17.2 Å². The van der Waals surface area contributed by atoms with Crippen molar-refractivity contribution in [3.05, 3.63) is 47.4 Å². The Morgan fingerprint density at radius 2 is 1.97 bits per heavy atom. The molecular weight excluding hydrogens is 451 g/mol. The molecule has 0 aliphatic carbocycles. The predicted molar refractivity (Wildman–Crippen MR) is 133 cm³/mol. The van der Waals surface area contributed by atoms with E-state index in [0.29, 0.717) is 12.5 Å². The first-order chi connectivity index (χ1) is 16.3. The summed E-state index contributed by atoms with van der Waals surface area (Å²) in [4.78, 5) is 17.2. The van der Waals surface area contributed by atoms with Crippen LogP contribution >= 0.6 is 11.3 Å². The van der Waals surface area contributed by atoms with Crippen molar-refractivity contribution in [1.29, 1.82) is 0 Å². The topological polar surface area (TPSA) is 69.0 Å². The number of thiazole rings is 1. The Bertz CT molecular complexity index is 1090. The average molecular weight is 485 g/mol. The van der Waals surface area contributed by atoms with E-state index in [1.807, 2.05) is 16.3 Å². The number of carbonyl (C=O) groups is 1. The first kappa shape index (κ1) is 24.5. The molecule has 1 aliphatic heterocycles. The number of hydrogen-bond acceptors (Lipinski definition) is 5. The van der Waals surface area contributed by atoms with Gasteiger partial charge in [0.15, 0.2) is 0 Å². The minimum atomic E-state index is -0.277. The number of rotatable bonds is 8. The maximum atomic E-state index is 13.5. The Morgan fingerprint density at radius 3 is 2.68 bits per heavy atom. The van der Waals surface area contributed by atoms with Crippen LogP contribution in [0.2, 0.25) is 0 Å². The smallest absolute Gasteiger partial charge is 0.226 e. The van der Waals surface area contributed by atoms with Gasteiger partial charge in [0, 0.05) is 43.4 Å². The lowest BCUT2D eigenvalue weighted by atomic mass is 9.92. The number of nitrogens with zero attached hydrogens (tertiary/aromatic N) is 3. The fourth-order valence-electron chi connectivity index (χ4n) is 3.91. The Kier molecular flexibility index (Phi) is 7.78. The summed E-state index contributed by atoms with van der Waals surface area (Å²) in [5.74, 6) is 0.199. The molecule has 34 heavy (non-hydrogen) atoms. The average Bonchev–Trinajstić information content (AvgIpc) is 3.44. The van der Waals surface area contributed by atoms with Crippen molar-refractivity contribution < 1.29 is 13.9 Å². The van der Waals surface area contributed by atoms with Crippen molar-refractivity contribution >= 4 is 17.2 Å². The number of benzene rings is 1. The van der Waals surface area contributed by atoms with E-state index >= 15 is 0 Å². The maximum Gasteiger partial charge on any atom is 0.226 e. The van der Waals surface area contributed by atoms with Gasteiger partial charge in [-0.1, -0.05) is 20.8 Å². The van der Waals surface area contributed by atoms with E-state index in [-0.39, 0.29) is 23.6 Å². The molecule has 1 amide bonds. The SMILES string of the molecule is CC(C)(C)CCn1cc(-c2nc(CC(=O)NCC3CCOCC3)cs2)c(-c2ccc(F)cc2)n1. The number of aromatic nitrogens is 3. The highest BCUT2D eigenvalue weighted by molar-refractivity contribution is 7.13. The zero-order valence-electron chi connectivity index (χ0n) is 20.1. The number of amides is 1. The molecule has 8 heteroatoms. The van der Waals surface area contributed by atoms with E-state index in [1.165, 1.54) is 23.5 Å². The van der Waals surface area contributed by atoms with Crippen LogP contribution in [0.25, 0.3) is 21.8 Å². The summed E-state index contributed by atoms with van der Waals surface area (Å²) in [5.41, 5.74) is 3.46. The Balaban J connectivity index is 1.49. The van der Waals surface area contributed by atoms with Gasteiger partial charge in [0.1, 0.15) is 16.5 Å². The van der Waals surface area contributed by atoms with Crippen LogP contribution in [0.4, 0.5) is 4.39 Å². The van der Waals surface area contributed by atoms with E-state index in [9.17, 15) is 9.18 Å². The van der Waals surface area contributed by atoms with Gasteiger partial charge in [-0.3, -0.25) is 9.48 Å². The first-order valence-electron chi connectivity index (χ1n) is 11.9. The summed E-state index contributed by atoms with van der Waals surface area (Å²) < 4.78 is 20.8. The number of halogens is 1. The highest BCUT2D eigenvalue weighted by Crippen LogP contribution is 2.34. The quantitative estimate of drug-likeness (QED) is 0.469. The van der Waals surface area contributed by atoms with Crippen molar-refractivity contribution in [2.45, 2.75) is 53.0 Å². The van der Waals surface area contributed by atoms with Gasteiger partial charge in [-0.15, -0.1) is 11.3 Å². The lowest BCUT2D eigenvalue weighted by Crippen LogP contribution is -2.33. The molecule has 3 aromatic rings. The third-order valence-electron chi connectivity index (χ3n) is 6.02. The summed E-state index contributed by atoms with van der Waals surface area (Å²) in [5, 5.41) is 10.6. The minimum absolute atomic E-state index is 0.0111. The van der Waals surface area contributed by atoms with Gasteiger partial charge in [-0.05, 0) is 54.9 Å². The second kappa shape index (κ2) is 10.8. The zero-order valence-corrected chi connectivity index (χ0v) is 21.0. The molecule has 3 heterocycles. The van der Waals surface area contributed by atoms with Crippen molar-refractivity contribution in [3.63, 3.8) is 0 Å². The molecule has 0 radical (unpaired) electrons. The molecule has 0 unspecified atom stereocenters. The van der Waals surface area contributed by atoms with Crippen LogP contribution in [0.1, 0.15) is 45.7 Å². The third-order valence-corrected chi connectivity index (χ3v) is 6.95. The van der Waals surface area contributed by atoms with E-state index in [0.717, 1.165) is 66.5 Å². The van der Waals surface area contributed by atoms with Gasteiger partial charge in [0.05, 0.1) is 17.7 Å². The number of ether oxygens (including phenoxy) is 1. The van der Waals surface area contributed by atoms with Gasteiger partial charge < -0.3 is 10.1 Å². The number of nitrogens with one attached hydrogen (secondary N) is 1. The summed E-state index contributed by atoms with van der Waals surface area (Å²) in [6.45, 7) is 9.64. The molecule has 0 spiro atoms. The monoisotopic (exact) mass is 484 g/mol. The zero-order chi connectivity index (χ0) is 24.1. The molecule has 1 fully saturated rings. The number of carbonyl (C=O) groups excluding carboxylic acids is 1. The molecule has 1 aromatic carbocycles. The Labute approximate surface area is 204 Å². The molecule has 182 valence electrons. The van der Waals surface area contributed by atoms with Crippen LogP contribution in [0.3, 0.4) is 0 Å². The standard InChI is InChI=1S/C26H33FN4O2S/c1-26(2,3)10-11-31-16-22(24(30-31)19-4-6-20(27)7-5-19)25-29-21(17-34-25)14-23(32)28-15-18-8-12-33-13-9-18/h4-7,16-18H,8-15H2,1-3H3,(H,28,32). The second-order valence-electron chi connectivity index (χ2n) is 10.2. The highest BCUT2D eigenvalue weighted by Gasteiger charge is 2.19. The molecule has 0 atom stereocenters. The summed E-state index contributed by atoms with van der Waals surface area (Å²) in [6.07, 6.45) is 5.23. The summed E-state index contributed by atoms with van der Waals surface area (Å²) >= 11 is 1.50. The number of aryl methyl sites for hydroxylation is 1. The minimum Gasteiger partial charge on any atom is -0.381 e. The molecule has 1 saturated heterocycles. The van der Waals surface area contributed by atoms with Gasteiger partial charge >= 0.3 is 0 Å². The van der Waals surface area contributed by atoms with Crippen LogP contribution in [-0.2, 0) is 22.5 Å². The third kappa shape index (κ3) is 6.73. The Hall–Kier alpha value is -2.58. The van der Waals surface area contributed by atoms with E-state index in [1.54, 1.807) is 12.1 Å². The van der Waals surface area contributed by atoms with Crippen molar-refractivity contribution in [2.75, 3.05) is 19.8 Å². The second-order valence-corrected chi connectivity index (χ2v) is 11.0. The predicted octanol–water partition coefficient (Wildman–Crippen LogP) is 5.33. The van der Waals surface area contributed by atoms with Gasteiger partial charge in [0.2, 0.25) is 5.91 Å². The van der Waals surface area contributed by atoms with Gasteiger partial charge in [-0.2, -0.15) is 5.10 Å². The molecule has 0 bridgehead atoms. The highest BCUT2D eigenvalue weighted by atomic mass is 32.1. The first-order valence-corrected chi connectivity index (χ1v) is 12.8. The summed E-state index contributed by atoms with van der Waals surface area (Å²) in [6, 6.07) is 6.38. The van der Waals surface area contributed by atoms with Gasteiger partial charge in [-0.25, -0.2) is 9.37 Å². The van der Waals surface area contributed by atoms with Crippen LogP contribution in [0.5, 0.6) is 0 Å². The molecule has 4 rings (SSSR count). The molecule has 6 nitrogen and oxygen atoms in total. The molecule has 0 saturated carbocycles.